The normalized spacial score (nSPS) is 10.8. The van der Waals surface area contributed by atoms with Crippen molar-refractivity contribution in [1.82, 2.24) is 20.2 Å². The van der Waals surface area contributed by atoms with Crippen LogP contribution in [0.4, 0.5) is 10.5 Å². The summed E-state index contributed by atoms with van der Waals surface area (Å²) in [4.78, 5) is 16.4. The minimum Gasteiger partial charge on any atom is -0.479 e. The number of anilines is 1. The lowest BCUT2D eigenvalue weighted by molar-refractivity contribution is 0.246. The highest BCUT2D eigenvalue weighted by atomic mass is 16.5. The molecule has 4 aromatic rings. The molecule has 0 saturated heterocycles. The second-order valence-electron chi connectivity index (χ2n) is 6.99. The number of rotatable bonds is 6. The summed E-state index contributed by atoms with van der Waals surface area (Å²) in [6.45, 7) is 2.05. The molecule has 0 atom stereocenters. The Morgan fingerprint density at radius 2 is 2.00 bits per heavy atom. The average molecular weight is 433 g/mol. The van der Waals surface area contributed by atoms with Crippen LogP contribution < -0.4 is 31.6 Å². The van der Waals surface area contributed by atoms with E-state index in [1.807, 2.05) is 48.7 Å². The van der Waals surface area contributed by atoms with Gasteiger partial charge in [-0.3, -0.25) is 5.43 Å². The Morgan fingerprint density at radius 1 is 1.19 bits per heavy atom. The van der Waals surface area contributed by atoms with E-state index < -0.39 is 6.03 Å². The summed E-state index contributed by atoms with van der Waals surface area (Å²) in [5.74, 6) is 11.9. The smallest absolute Gasteiger partial charge is 0.350 e. The molecule has 0 fully saturated rings. The van der Waals surface area contributed by atoms with Crippen molar-refractivity contribution in [2.75, 3.05) is 12.1 Å². The van der Waals surface area contributed by atoms with Crippen LogP contribution in [0.5, 0.6) is 11.8 Å². The first-order valence-electron chi connectivity index (χ1n) is 9.78. The zero-order chi connectivity index (χ0) is 22.7. The molecule has 0 spiro atoms. The number of nitrogens with two attached hydrogens (primary N) is 2. The molecular weight excluding hydrogens is 410 g/mol. The maximum absolute atomic E-state index is 11.9. The highest BCUT2D eigenvalue weighted by Gasteiger charge is 2.17. The number of benzene rings is 2. The van der Waals surface area contributed by atoms with Gasteiger partial charge in [-0.2, -0.15) is 0 Å². The number of pyridine rings is 1. The maximum Gasteiger partial charge on any atom is 0.350 e. The standard InChI is InChI=1S/C22H23N7O3/c1-14-6-5-9-18(29(24)22(30)26-23)16(14)13-32-20-10-11-28(27-20)19-12-15-7-3-4-8-17(15)25-21(19)31-2/h3-12H,13,23-24H2,1-2H3,(H,26,30). The molecule has 4 rings (SSSR count). The van der Waals surface area contributed by atoms with Crippen LogP contribution in [-0.2, 0) is 6.61 Å². The molecule has 0 radical (unpaired) electrons. The van der Waals surface area contributed by atoms with Crippen molar-refractivity contribution in [1.29, 1.82) is 0 Å². The second-order valence-corrected chi connectivity index (χ2v) is 6.99. The minimum absolute atomic E-state index is 0.150. The molecule has 2 heterocycles. The highest BCUT2D eigenvalue weighted by molar-refractivity contribution is 5.91. The largest absolute Gasteiger partial charge is 0.479 e. The van der Waals surface area contributed by atoms with Gasteiger partial charge in [0.1, 0.15) is 12.3 Å². The number of nitrogens with one attached hydrogen (secondary N) is 1. The van der Waals surface area contributed by atoms with Gasteiger partial charge in [0.25, 0.3) is 0 Å². The summed E-state index contributed by atoms with van der Waals surface area (Å²) in [6.07, 6.45) is 1.76. The predicted molar refractivity (Wildman–Crippen MR) is 120 cm³/mol. The number of ether oxygens (including phenoxy) is 2. The molecule has 5 N–H and O–H groups in total. The average Bonchev–Trinajstić information content (AvgIpc) is 3.30. The molecule has 10 heteroatoms. The van der Waals surface area contributed by atoms with Crippen LogP contribution in [0.3, 0.4) is 0 Å². The number of aromatic nitrogens is 3. The van der Waals surface area contributed by atoms with Crippen molar-refractivity contribution in [2.24, 2.45) is 11.7 Å². The van der Waals surface area contributed by atoms with Crippen LogP contribution >= 0.6 is 0 Å². The molecular formula is C22H23N7O3. The van der Waals surface area contributed by atoms with Gasteiger partial charge in [0.15, 0.2) is 0 Å². The van der Waals surface area contributed by atoms with E-state index >= 15 is 0 Å². The third-order valence-electron chi connectivity index (χ3n) is 5.03. The highest BCUT2D eigenvalue weighted by Crippen LogP contribution is 2.27. The van der Waals surface area contributed by atoms with Crippen molar-refractivity contribution < 1.29 is 14.3 Å². The minimum atomic E-state index is -0.642. The Balaban J connectivity index is 1.59. The van der Waals surface area contributed by atoms with Gasteiger partial charge in [-0.05, 0) is 30.7 Å². The lowest BCUT2D eigenvalue weighted by Gasteiger charge is -2.20. The van der Waals surface area contributed by atoms with Crippen LogP contribution in [0.2, 0.25) is 0 Å². The van der Waals surface area contributed by atoms with Gasteiger partial charge >= 0.3 is 6.03 Å². The number of hydrogen-bond donors (Lipinski definition) is 3. The number of carbonyl (C=O) groups excluding carboxylic acids is 1. The van der Waals surface area contributed by atoms with Crippen molar-refractivity contribution in [3.8, 4) is 17.4 Å². The first kappa shape index (κ1) is 21.1. The van der Waals surface area contributed by atoms with Crippen LogP contribution in [0, 0.1) is 6.92 Å². The number of hydrogen-bond acceptors (Lipinski definition) is 7. The molecule has 0 saturated carbocycles. The Morgan fingerprint density at radius 3 is 2.78 bits per heavy atom. The Hall–Kier alpha value is -4.15. The predicted octanol–water partition coefficient (Wildman–Crippen LogP) is 2.58. The van der Waals surface area contributed by atoms with Gasteiger partial charge in [-0.1, -0.05) is 30.3 Å². The number of amides is 2. The van der Waals surface area contributed by atoms with E-state index in [0.717, 1.165) is 27.0 Å². The van der Waals surface area contributed by atoms with Crippen LogP contribution in [0.1, 0.15) is 11.1 Å². The van der Waals surface area contributed by atoms with Crippen molar-refractivity contribution >= 4 is 22.6 Å². The third-order valence-corrected chi connectivity index (χ3v) is 5.03. The first-order chi connectivity index (χ1) is 15.5. The van der Waals surface area contributed by atoms with Crippen LogP contribution in [-0.4, -0.2) is 27.9 Å². The molecule has 32 heavy (non-hydrogen) atoms. The number of aryl methyl sites for hydroxylation is 1. The number of methoxy groups -OCH3 is 1. The Labute approximate surface area is 184 Å². The zero-order valence-corrected chi connectivity index (χ0v) is 17.6. The SMILES string of the molecule is COc1nc2ccccc2cc1-n1ccc(OCc2c(C)cccc2N(N)C(=O)NN)n1. The van der Waals surface area contributed by atoms with Crippen LogP contribution in [0.15, 0.2) is 60.8 Å². The molecule has 2 aromatic carbocycles. The number of urea groups is 1. The number of carbonyl (C=O) groups is 1. The van der Waals surface area contributed by atoms with E-state index in [1.165, 1.54) is 0 Å². The Kier molecular flexibility index (Phi) is 5.88. The molecule has 0 aliphatic carbocycles. The summed E-state index contributed by atoms with van der Waals surface area (Å²) in [7, 11) is 1.57. The van der Waals surface area contributed by atoms with E-state index in [0.29, 0.717) is 23.1 Å². The third kappa shape index (κ3) is 4.04. The molecule has 164 valence electrons. The molecule has 2 amide bonds. The molecule has 0 bridgehead atoms. The van der Waals surface area contributed by atoms with E-state index in [2.05, 4.69) is 10.1 Å². The lowest BCUT2D eigenvalue weighted by Crippen LogP contribution is -2.48. The van der Waals surface area contributed by atoms with E-state index in [1.54, 1.807) is 36.2 Å². The van der Waals surface area contributed by atoms with Crippen molar-refractivity contribution in [3.05, 3.63) is 71.9 Å². The molecule has 0 unspecified atom stereocenters. The van der Waals surface area contributed by atoms with Gasteiger partial charge in [0, 0.05) is 23.2 Å². The Bertz CT molecular complexity index is 1270. The maximum atomic E-state index is 11.9. The van der Waals surface area contributed by atoms with Crippen molar-refractivity contribution in [2.45, 2.75) is 13.5 Å². The fourth-order valence-electron chi connectivity index (χ4n) is 3.35. The molecule has 0 aliphatic rings. The first-order valence-corrected chi connectivity index (χ1v) is 9.78. The summed E-state index contributed by atoms with van der Waals surface area (Å²) >= 11 is 0. The van der Waals surface area contributed by atoms with Crippen molar-refractivity contribution in [3.63, 3.8) is 0 Å². The zero-order valence-electron chi connectivity index (χ0n) is 17.6. The second kappa shape index (κ2) is 8.92. The summed E-state index contributed by atoms with van der Waals surface area (Å²) in [5.41, 5.74) is 5.65. The summed E-state index contributed by atoms with van der Waals surface area (Å²) in [6, 6.07) is 16.2. The number of fused-ring (bicyclic) bond motifs is 1. The van der Waals surface area contributed by atoms with E-state index in [-0.39, 0.29) is 6.61 Å². The molecule has 10 nitrogen and oxygen atoms in total. The molecule has 0 aliphatic heterocycles. The summed E-state index contributed by atoms with van der Waals surface area (Å²) in [5, 5.41) is 6.40. The van der Waals surface area contributed by atoms with Gasteiger partial charge in [0.2, 0.25) is 11.8 Å². The fourth-order valence-corrected chi connectivity index (χ4v) is 3.35. The quantitative estimate of drug-likeness (QED) is 0.242. The van der Waals surface area contributed by atoms with E-state index in [4.69, 9.17) is 21.2 Å². The number of hydrazine groups is 2. The lowest BCUT2D eigenvalue weighted by atomic mass is 10.1. The monoisotopic (exact) mass is 433 g/mol. The summed E-state index contributed by atoms with van der Waals surface area (Å²) < 4.78 is 13.0. The number of nitrogens with zero attached hydrogens (tertiary/aromatic N) is 4. The molecule has 2 aromatic heterocycles. The van der Waals surface area contributed by atoms with Gasteiger partial charge in [0.05, 0.1) is 18.3 Å². The topological polar surface area (TPSA) is 134 Å². The number of para-hydroxylation sites is 1. The van der Waals surface area contributed by atoms with Gasteiger partial charge < -0.3 is 9.47 Å². The van der Waals surface area contributed by atoms with Gasteiger partial charge in [-0.15, -0.1) is 5.10 Å². The fraction of sp³-hybridized carbons (Fsp3) is 0.136. The van der Waals surface area contributed by atoms with Gasteiger partial charge in [-0.25, -0.2) is 31.2 Å². The van der Waals surface area contributed by atoms with Crippen LogP contribution in [0.25, 0.3) is 16.6 Å². The van der Waals surface area contributed by atoms with E-state index in [9.17, 15) is 4.79 Å².